The molecule has 0 N–H and O–H groups in total. The molecule has 0 aromatic carbocycles. The molecule has 0 atom stereocenters. The number of aromatic nitrogens is 2. The lowest BCUT2D eigenvalue weighted by molar-refractivity contribution is 0.0326. The first kappa shape index (κ1) is 17.4. The SMILES string of the molecule is CC(C)OC(=O)c1nc(C#N)cn1COCC[Si](C)(C)C. The Bertz CT molecular complexity index is 527. The molecule has 0 spiro atoms. The highest BCUT2D eigenvalue weighted by Gasteiger charge is 2.19. The summed E-state index contributed by atoms with van der Waals surface area (Å²) in [5.74, 6) is -0.437. The monoisotopic (exact) mass is 309 g/mol. The number of rotatable bonds is 7. The van der Waals surface area contributed by atoms with E-state index in [9.17, 15) is 4.79 Å². The van der Waals surface area contributed by atoms with Crippen molar-refractivity contribution in [3.8, 4) is 6.07 Å². The van der Waals surface area contributed by atoms with Gasteiger partial charge in [0.1, 0.15) is 12.8 Å². The molecule has 1 aromatic heterocycles. The highest BCUT2D eigenvalue weighted by molar-refractivity contribution is 6.76. The van der Waals surface area contributed by atoms with Crippen molar-refractivity contribution >= 4 is 14.0 Å². The van der Waals surface area contributed by atoms with Crippen molar-refractivity contribution in [1.82, 2.24) is 9.55 Å². The van der Waals surface area contributed by atoms with Crippen molar-refractivity contribution in [2.45, 2.75) is 52.4 Å². The van der Waals surface area contributed by atoms with E-state index >= 15 is 0 Å². The van der Waals surface area contributed by atoms with Gasteiger partial charge in [0.25, 0.3) is 0 Å². The van der Waals surface area contributed by atoms with Crippen LogP contribution in [0.3, 0.4) is 0 Å². The standard InChI is InChI=1S/C14H23N3O3Si/c1-11(2)20-14(18)13-16-12(8-15)9-17(13)10-19-6-7-21(3,4)5/h9,11H,6-7,10H2,1-5H3. The molecular formula is C14H23N3O3Si. The van der Waals surface area contributed by atoms with Crippen molar-refractivity contribution in [3.63, 3.8) is 0 Å². The minimum absolute atomic E-state index is 0.105. The number of ether oxygens (including phenoxy) is 2. The predicted octanol–water partition coefficient (Wildman–Crippen LogP) is 2.63. The summed E-state index contributed by atoms with van der Waals surface area (Å²) in [5.41, 5.74) is 0.180. The van der Waals surface area contributed by atoms with Crippen molar-refractivity contribution in [1.29, 1.82) is 5.26 Å². The van der Waals surface area contributed by atoms with Crippen molar-refractivity contribution < 1.29 is 14.3 Å². The Balaban J connectivity index is 2.70. The van der Waals surface area contributed by atoms with Gasteiger partial charge in [-0.3, -0.25) is 0 Å². The minimum atomic E-state index is -1.15. The van der Waals surface area contributed by atoms with E-state index in [2.05, 4.69) is 24.6 Å². The molecule has 0 saturated carbocycles. The zero-order chi connectivity index (χ0) is 16.0. The minimum Gasteiger partial charge on any atom is -0.457 e. The molecule has 21 heavy (non-hydrogen) atoms. The molecule has 0 aliphatic rings. The molecule has 0 fully saturated rings. The first-order valence-electron chi connectivity index (χ1n) is 6.99. The Kier molecular flexibility index (Phi) is 6.12. The maximum atomic E-state index is 11.9. The summed E-state index contributed by atoms with van der Waals surface area (Å²) in [6, 6.07) is 2.96. The largest absolute Gasteiger partial charge is 0.457 e. The van der Waals surface area contributed by atoms with Crippen LogP contribution >= 0.6 is 0 Å². The van der Waals surface area contributed by atoms with Crippen LogP contribution in [0.1, 0.15) is 30.2 Å². The number of nitrogens with zero attached hydrogens (tertiary/aromatic N) is 3. The molecule has 0 amide bonds. The lowest BCUT2D eigenvalue weighted by Gasteiger charge is -2.16. The van der Waals surface area contributed by atoms with Crippen LogP contribution in [0.15, 0.2) is 6.20 Å². The predicted molar refractivity (Wildman–Crippen MR) is 81.6 cm³/mol. The van der Waals surface area contributed by atoms with Gasteiger partial charge in [-0.1, -0.05) is 19.6 Å². The van der Waals surface area contributed by atoms with Gasteiger partial charge in [0.15, 0.2) is 5.69 Å². The molecule has 6 nitrogen and oxygen atoms in total. The summed E-state index contributed by atoms with van der Waals surface area (Å²) in [4.78, 5) is 15.9. The number of hydrogen-bond donors (Lipinski definition) is 0. The van der Waals surface area contributed by atoms with Crippen molar-refractivity contribution in [3.05, 3.63) is 17.7 Å². The average Bonchev–Trinajstić information content (AvgIpc) is 2.76. The van der Waals surface area contributed by atoms with Gasteiger partial charge < -0.3 is 14.0 Å². The quantitative estimate of drug-likeness (QED) is 0.439. The molecular weight excluding hydrogens is 286 g/mol. The van der Waals surface area contributed by atoms with E-state index in [-0.39, 0.29) is 24.4 Å². The van der Waals surface area contributed by atoms with Gasteiger partial charge in [0, 0.05) is 20.9 Å². The summed E-state index contributed by atoms with van der Waals surface area (Å²) in [5, 5.41) is 8.90. The zero-order valence-corrected chi connectivity index (χ0v) is 14.3. The fourth-order valence-electron chi connectivity index (χ4n) is 1.54. The van der Waals surface area contributed by atoms with Crippen LogP contribution in [0.25, 0.3) is 0 Å². The third-order valence-electron chi connectivity index (χ3n) is 2.64. The third kappa shape index (κ3) is 6.10. The topological polar surface area (TPSA) is 77.1 Å². The highest BCUT2D eigenvalue weighted by atomic mass is 28.3. The Morgan fingerprint density at radius 1 is 1.48 bits per heavy atom. The summed E-state index contributed by atoms with van der Waals surface area (Å²) in [6.07, 6.45) is 1.27. The van der Waals surface area contributed by atoms with Crippen LogP contribution < -0.4 is 0 Å². The molecule has 0 unspecified atom stereocenters. The summed E-state index contributed by atoms with van der Waals surface area (Å²) >= 11 is 0. The number of carbonyl (C=O) groups excluding carboxylic acids is 1. The van der Waals surface area contributed by atoms with Crippen molar-refractivity contribution in [2.75, 3.05) is 6.61 Å². The first-order valence-corrected chi connectivity index (χ1v) is 10.7. The van der Waals surface area contributed by atoms with Crippen LogP contribution in [0, 0.1) is 11.3 Å². The maximum Gasteiger partial charge on any atom is 0.374 e. The van der Waals surface area contributed by atoms with Crippen LogP contribution in [-0.2, 0) is 16.2 Å². The molecule has 1 rings (SSSR count). The van der Waals surface area contributed by atoms with E-state index in [1.54, 1.807) is 13.8 Å². The number of imidazole rings is 1. The van der Waals surface area contributed by atoms with Gasteiger partial charge in [-0.2, -0.15) is 5.26 Å². The molecule has 7 heteroatoms. The van der Waals surface area contributed by atoms with E-state index in [1.807, 2.05) is 6.07 Å². The smallest absolute Gasteiger partial charge is 0.374 e. The Morgan fingerprint density at radius 3 is 2.67 bits per heavy atom. The number of esters is 1. The third-order valence-corrected chi connectivity index (χ3v) is 4.35. The molecule has 0 aliphatic carbocycles. The van der Waals surface area contributed by atoms with Crippen molar-refractivity contribution in [2.24, 2.45) is 0 Å². The maximum absolute atomic E-state index is 11.9. The fourth-order valence-corrected chi connectivity index (χ4v) is 2.30. The molecule has 1 heterocycles. The fraction of sp³-hybridized carbons (Fsp3) is 0.643. The second kappa shape index (κ2) is 7.38. The summed E-state index contributed by atoms with van der Waals surface area (Å²) in [7, 11) is -1.15. The summed E-state index contributed by atoms with van der Waals surface area (Å²) in [6.45, 7) is 11.2. The van der Waals surface area contributed by atoms with Gasteiger partial charge in [0.2, 0.25) is 5.82 Å². The van der Waals surface area contributed by atoms with Crippen LogP contribution in [0.4, 0.5) is 0 Å². The van der Waals surface area contributed by atoms with Gasteiger partial charge in [0.05, 0.1) is 6.10 Å². The summed E-state index contributed by atoms with van der Waals surface area (Å²) < 4.78 is 12.2. The Morgan fingerprint density at radius 2 is 2.14 bits per heavy atom. The Labute approximate surface area is 126 Å². The zero-order valence-electron chi connectivity index (χ0n) is 13.3. The lowest BCUT2D eigenvalue weighted by atomic mass is 10.5. The average molecular weight is 309 g/mol. The van der Waals surface area contributed by atoms with Gasteiger partial charge >= 0.3 is 5.97 Å². The number of nitriles is 1. The Hall–Kier alpha value is -1.65. The normalized spacial score (nSPS) is 11.5. The molecule has 0 radical (unpaired) electrons. The van der Waals surface area contributed by atoms with Gasteiger partial charge in [-0.25, -0.2) is 9.78 Å². The van der Waals surface area contributed by atoms with Gasteiger partial charge in [-0.15, -0.1) is 0 Å². The van der Waals surface area contributed by atoms with E-state index in [0.29, 0.717) is 6.61 Å². The lowest BCUT2D eigenvalue weighted by Crippen LogP contribution is -2.22. The van der Waals surface area contributed by atoms with Crippen LogP contribution in [-0.4, -0.2) is 36.3 Å². The van der Waals surface area contributed by atoms with E-state index < -0.39 is 14.0 Å². The van der Waals surface area contributed by atoms with E-state index in [0.717, 1.165) is 6.04 Å². The van der Waals surface area contributed by atoms with Crippen LogP contribution in [0.5, 0.6) is 0 Å². The second-order valence-corrected chi connectivity index (χ2v) is 12.0. The number of hydrogen-bond acceptors (Lipinski definition) is 5. The molecule has 116 valence electrons. The van der Waals surface area contributed by atoms with Gasteiger partial charge in [-0.05, 0) is 19.9 Å². The molecule has 0 aliphatic heterocycles. The van der Waals surface area contributed by atoms with Crippen LogP contribution in [0.2, 0.25) is 25.7 Å². The molecule has 1 aromatic rings. The molecule has 0 saturated heterocycles. The highest BCUT2D eigenvalue weighted by Crippen LogP contribution is 2.10. The second-order valence-electron chi connectivity index (χ2n) is 6.33. The van der Waals surface area contributed by atoms with E-state index in [4.69, 9.17) is 14.7 Å². The van der Waals surface area contributed by atoms with E-state index in [1.165, 1.54) is 10.8 Å². The molecule has 0 bridgehead atoms. The first-order chi connectivity index (χ1) is 9.73. The number of carbonyl (C=O) groups is 1.